The van der Waals surface area contributed by atoms with Gasteiger partial charge in [0, 0.05) is 20.6 Å². The van der Waals surface area contributed by atoms with Gasteiger partial charge in [-0.25, -0.2) is 0 Å². The van der Waals surface area contributed by atoms with Gasteiger partial charge in [-0.1, -0.05) is 19.1 Å². The highest BCUT2D eigenvalue weighted by Gasteiger charge is 1.95. The second kappa shape index (κ2) is 6.43. The van der Waals surface area contributed by atoms with E-state index in [9.17, 15) is 0 Å². The molecule has 1 rings (SSSR count). The topological polar surface area (TPSA) is 24.5 Å². The first-order valence-electron chi connectivity index (χ1n) is 5.35. The van der Waals surface area contributed by atoms with Crippen molar-refractivity contribution in [2.45, 2.75) is 19.9 Å². The third kappa shape index (κ3) is 4.81. The molecule has 0 heterocycles. The van der Waals surface area contributed by atoms with Gasteiger partial charge in [-0.2, -0.15) is 0 Å². The minimum atomic E-state index is 0.787. The molecule has 0 spiro atoms. The summed E-state index contributed by atoms with van der Waals surface area (Å²) in [7, 11) is 3.97. The lowest BCUT2D eigenvalue weighted by molar-refractivity contribution is 0.285. The van der Waals surface area contributed by atoms with E-state index >= 15 is 0 Å². The van der Waals surface area contributed by atoms with Crippen molar-refractivity contribution >= 4 is 0 Å². The molecule has 3 heteroatoms. The molecule has 1 N–H and O–H groups in total. The van der Waals surface area contributed by atoms with Crippen molar-refractivity contribution in [3.8, 4) is 5.75 Å². The second-order valence-electron chi connectivity index (χ2n) is 3.72. The lowest BCUT2D eigenvalue weighted by Gasteiger charge is -2.12. The maximum atomic E-state index is 5.50. The van der Waals surface area contributed by atoms with Gasteiger partial charge in [0.15, 0.2) is 0 Å². The van der Waals surface area contributed by atoms with Crippen LogP contribution in [0.4, 0.5) is 0 Å². The number of nitrogens with one attached hydrogen (secondary N) is 1. The van der Waals surface area contributed by atoms with E-state index in [1.165, 1.54) is 5.56 Å². The lowest BCUT2D eigenvalue weighted by Crippen LogP contribution is -2.29. The Morgan fingerprint density at radius 2 is 1.87 bits per heavy atom. The largest absolute Gasteiger partial charge is 0.494 e. The third-order valence-corrected chi connectivity index (χ3v) is 2.00. The van der Waals surface area contributed by atoms with Crippen molar-refractivity contribution in [1.29, 1.82) is 0 Å². The zero-order chi connectivity index (χ0) is 11.1. The highest BCUT2D eigenvalue weighted by Crippen LogP contribution is 2.12. The van der Waals surface area contributed by atoms with Crippen LogP contribution in [0, 0.1) is 0 Å². The maximum Gasteiger partial charge on any atom is 0.119 e. The molecule has 0 bridgehead atoms. The number of nitrogens with zero attached hydrogens (tertiary/aromatic N) is 1. The standard InChI is InChI=1S/C12H20N2O/c1-4-9-15-12-7-5-11(6-8-12)10-13-14(2)3/h5-8,13H,4,9-10H2,1-3H3. The number of ether oxygens (including phenoxy) is 1. The lowest BCUT2D eigenvalue weighted by atomic mass is 10.2. The van der Waals surface area contributed by atoms with Crippen LogP contribution in [0.1, 0.15) is 18.9 Å². The molecule has 0 unspecified atom stereocenters. The SMILES string of the molecule is CCCOc1ccc(CNN(C)C)cc1. The van der Waals surface area contributed by atoms with Gasteiger partial charge in [-0.15, -0.1) is 0 Å². The predicted octanol–water partition coefficient (Wildman–Crippen LogP) is 2.04. The Kier molecular flexibility index (Phi) is 5.15. The van der Waals surface area contributed by atoms with E-state index in [-0.39, 0.29) is 0 Å². The second-order valence-corrected chi connectivity index (χ2v) is 3.72. The third-order valence-electron chi connectivity index (χ3n) is 2.00. The number of hydrogen-bond acceptors (Lipinski definition) is 3. The molecule has 0 aliphatic heterocycles. The molecule has 0 fully saturated rings. The zero-order valence-electron chi connectivity index (χ0n) is 9.79. The van der Waals surface area contributed by atoms with Crippen LogP contribution in [0.2, 0.25) is 0 Å². The summed E-state index contributed by atoms with van der Waals surface area (Å²) in [5.74, 6) is 0.949. The molecule has 0 atom stereocenters. The molecule has 84 valence electrons. The van der Waals surface area contributed by atoms with Crippen molar-refractivity contribution in [2.24, 2.45) is 0 Å². The van der Waals surface area contributed by atoms with Crippen molar-refractivity contribution in [2.75, 3.05) is 20.7 Å². The molecule has 15 heavy (non-hydrogen) atoms. The van der Waals surface area contributed by atoms with E-state index in [1.807, 2.05) is 31.2 Å². The van der Waals surface area contributed by atoms with Crippen LogP contribution in [0.25, 0.3) is 0 Å². The van der Waals surface area contributed by atoms with Crippen LogP contribution in [0.5, 0.6) is 5.75 Å². The summed E-state index contributed by atoms with van der Waals surface area (Å²) in [4.78, 5) is 0. The van der Waals surface area contributed by atoms with Crippen LogP contribution < -0.4 is 10.2 Å². The Balaban J connectivity index is 2.41. The first-order chi connectivity index (χ1) is 7.22. The Labute approximate surface area is 92.0 Å². The normalized spacial score (nSPS) is 10.7. The van der Waals surface area contributed by atoms with Crippen LogP contribution in [0.15, 0.2) is 24.3 Å². The zero-order valence-corrected chi connectivity index (χ0v) is 9.79. The molecular formula is C12H20N2O. The molecule has 0 aliphatic rings. The average molecular weight is 208 g/mol. The van der Waals surface area contributed by atoms with Crippen LogP contribution in [-0.2, 0) is 6.54 Å². The van der Waals surface area contributed by atoms with E-state index in [0.717, 1.165) is 25.3 Å². The predicted molar refractivity (Wildman–Crippen MR) is 62.8 cm³/mol. The molecule has 0 saturated carbocycles. The Morgan fingerprint density at radius 1 is 1.20 bits per heavy atom. The molecule has 1 aromatic rings. The molecule has 0 aromatic heterocycles. The van der Waals surface area contributed by atoms with Gasteiger partial charge in [0.2, 0.25) is 0 Å². The summed E-state index contributed by atoms with van der Waals surface area (Å²) in [5.41, 5.74) is 4.47. The van der Waals surface area contributed by atoms with Gasteiger partial charge < -0.3 is 4.74 Å². The van der Waals surface area contributed by atoms with Gasteiger partial charge in [0.05, 0.1) is 6.61 Å². The highest BCUT2D eigenvalue weighted by molar-refractivity contribution is 5.27. The number of rotatable bonds is 6. The average Bonchev–Trinajstić information content (AvgIpc) is 2.25. The van der Waals surface area contributed by atoms with Gasteiger partial charge in [0.1, 0.15) is 5.75 Å². The number of benzene rings is 1. The van der Waals surface area contributed by atoms with E-state index in [4.69, 9.17) is 4.74 Å². The highest BCUT2D eigenvalue weighted by atomic mass is 16.5. The monoisotopic (exact) mass is 208 g/mol. The fourth-order valence-electron chi connectivity index (χ4n) is 1.17. The minimum absolute atomic E-state index is 0.787. The van der Waals surface area contributed by atoms with E-state index in [1.54, 1.807) is 0 Å². The summed E-state index contributed by atoms with van der Waals surface area (Å²) < 4.78 is 5.50. The van der Waals surface area contributed by atoms with Gasteiger partial charge in [-0.3, -0.25) is 10.4 Å². The maximum absolute atomic E-state index is 5.50. The summed E-state index contributed by atoms with van der Waals surface area (Å²) >= 11 is 0. The van der Waals surface area contributed by atoms with E-state index < -0.39 is 0 Å². The Morgan fingerprint density at radius 3 is 2.40 bits per heavy atom. The fourth-order valence-corrected chi connectivity index (χ4v) is 1.17. The summed E-state index contributed by atoms with van der Waals surface area (Å²) in [6, 6.07) is 8.20. The number of hydrogen-bond donors (Lipinski definition) is 1. The van der Waals surface area contributed by atoms with E-state index in [0.29, 0.717) is 0 Å². The number of hydrazine groups is 1. The van der Waals surface area contributed by atoms with Crippen molar-refractivity contribution in [1.82, 2.24) is 10.4 Å². The molecule has 0 radical (unpaired) electrons. The first-order valence-corrected chi connectivity index (χ1v) is 5.35. The smallest absolute Gasteiger partial charge is 0.119 e. The van der Waals surface area contributed by atoms with Crippen molar-refractivity contribution in [3.05, 3.63) is 29.8 Å². The quantitative estimate of drug-likeness (QED) is 0.724. The van der Waals surface area contributed by atoms with Gasteiger partial charge >= 0.3 is 0 Å². The minimum Gasteiger partial charge on any atom is -0.494 e. The Bertz CT molecular complexity index is 269. The molecule has 1 aromatic carbocycles. The van der Waals surface area contributed by atoms with Crippen molar-refractivity contribution in [3.63, 3.8) is 0 Å². The Hall–Kier alpha value is -1.06. The molecular weight excluding hydrogens is 188 g/mol. The summed E-state index contributed by atoms with van der Waals surface area (Å²) in [5, 5.41) is 1.95. The van der Waals surface area contributed by atoms with Crippen LogP contribution >= 0.6 is 0 Å². The first kappa shape index (κ1) is 12.0. The molecule has 0 aliphatic carbocycles. The van der Waals surface area contributed by atoms with Crippen molar-refractivity contribution < 1.29 is 4.74 Å². The molecule has 0 saturated heterocycles. The van der Waals surface area contributed by atoms with Gasteiger partial charge in [-0.05, 0) is 24.1 Å². The van der Waals surface area contributed by atoms with Crippen LogP contribution in [-0.4, -0.2) is 25.7 Å². The van der Waals surface area contributed by atoms with Gasteiger partial charge in [0.25, 0.3) is 0 Å². The molecule has 3 nitrogen and oxygen atoms in total. The molecule has 0 amide bonds. The summed E-state index contributed by atoms with van der Waals surface area (Å²) in [6.07, 6.45) is 1.05. The summed E-state index contributed by atoms with van der Waals surface area (Å²) in [6.45, 7) is 3.74. The fraction of sp³-hybridized carbons (Fsp3) is 0.500. The van der Waals surface area contributed by atoms with Crippen LogP contribution in [0.3, 0.4) is 0 Å². The van der Waals surface area contributed by atoms with E-state index in [2.05, 4.69) is 24.5 Å².